The Balaban J connectivity index is 2.68. The Bertz CT molecular complexity index is 504. The van der Waals surface area contributed by atoms with E-state index in [1.807, 2.05) is 0 Å². The topological polar surface area (TPSA) is 66.8 Å². The van der Waals surface area contributed by atoms with Gasteiger partial charge in [-0.25, -0.2) is 9.18 Å². The molecule has 20 heavy (non-hydrogen) atoms. The van der Waals surface area contributed by atoms with E-state index in [-0.39, 0.29) is 24.5 Å². The Labute approximate surface area is 117 Å². The number of benzene rings is 1. The van der Waals surface area contributed by atoms with Crippen LogP contribution in [-0.2, 0) is 16.0 Å². The van der Waals surface area contributed by atoms with E-state index in [9.17, 15) is 14.0 Å². The van der Waals surface area contributed by atoms with Crippen LogP contribution in [-0.4, -0.2) is 42.1 Å². The number of hydrogen-bond acceptors (Lipinski definition) is 3. The van der Waals surface area contributed by atoms with Crippen LogP contribution in [0.4, 0.5) is 4.39 Å². The molecule has 0 radical (unpaired) electrons. The largest absolute Gasteiger partial charge is 0.494 e. The molecule has 0 aliphatic carbocycles. The van der Waals surface area contributed by atoms with Crippen LogP contribution < -0.4 is 4.74 Å². The zero-order valence-corrected chi connectivity index (χ0v) is 11.7. The van der Waals surface area contributed by atoms with Gasteiger partial charge in [-0.1, -0.05) is 12.1 Å². The van der Waals surface area contributed by atoms with E-state index in [0.717, 1.165) is 4.90 Å². The minimum absolute atomic E-state index is 0.0399. The third kappa shape index (κ3) is 3.69. The maximum Gasteiger partial charge on any atom is 0.326 e. The Hall–Kier alpha value is -2.11. The summed E-state index contributed by atoms with van der Waals surface area (Å²) in [6, 6.07) is 3.81. The molecule has 0 aliphatic heterocycles. The van der Waals surface area contributed by atoms with Gasteiger partial charge in [-0.2, -0.15) is 0 Å². The second-order valence-electron chi connectivity index (χ2n) is 4.45. The van der Waals surface area contributed by atoms with E-state index in [1.165, 1.54) is 27.1 Å². The average molecular weight is 283 g/mol. The van der Waals surface area contributed by atoms with E-state index in [1.54, 1.807) is 12.1 Å². The Kier molecular flexibility index (Phi) is 5.49. The number of nitrogens with zero attached hydrogens (tertiary/aromatic N) is 1. The van der Waals surface area contributed by atoms with Crippen LogP contribution >= 0.6 is 0 Å². The van der Waals surface area contributed by atoms with Crippen molar-refractivity contribution >= 4 is 11.9 Å². The molecular formula is C14H18FNO4. The molecule has 0 heterocycles. The minimum atomic E-state index is -1.08. The van der Waals surface area contributed by atoms with Crippen LogP contribution in [0.3, 0.4) is 0 Å². The van der Waals surface area contributed by atoms with Crippen molar-refractivity contribution in [3.8, 4) is 5.75 Å². The molecule has 0 bridgehead atoms. The zero-order chi connectivity index (χ0) is 15.3. The Morgan fingerprint density at radius 2 is 2.10 bits per heavy atom. The summed E-state index contributed by atoms with van der Waals surface area (Å²) in [6.07, 6.45) is 0.233. The van der Waals surface area contributed by atoms with Gasteiger partial charge in [-0.3, -0.25) is 4.79 Å². The van der Waals surface area contributed by atoms with Crippen molar-refractivity contribution in [1.82, 2.24) is 4.90 Å². The number of rotatable bonds is 6. The molecular weight excluding hydrogens is 265 g/mol. The van der Waals surface area contributed by atoms with Crippen LogP contribution in [0.5, 0.6) is 5.75 Å². The van der Waals surface area contributed by atoms with Gasteiger partial charge in [0.15, 0.2) is 11.6 Å². The Morgan fingerprint density at radius 1 is 1.45 bits per heavy atom. The first-order valence-electron chi connectivity index (χ1n) is 6.18. The molecule has 1 unspecified atom stereocenters. The molecule has 110 valence electrons. The predicted octanol–water partition coefficient (Wildman–Crippen LogP) is 1.70. The standard InChI is InChI=1S/C14H18FNO4/c1-9(14(18)19)16(2)12(17)8-7-10-5-4-6-11(20-3)13(10)15/h4-6,9H,7-8H2,1-3H3,(H,18,19). The highest BCUT2D eigenvalue weighted by atomic mass is 19.1. The second-order valence-corrected chi connectivity index (χ2v) is 4.45. The molecule has 1 aromatic rings. The lowest BCUT2D eigenvalue weighted by Crippen LogP contribution is -2.40. The molecule has 1 amide bonds. The van der Waals surface area contributed by atoms with Gasteiger partial charge in [0.05, 0.1) is 7.11 Å². The molecule has 0 aromatic heterocycles. The second kappa shape index (κ2) is 6.88. The van der Waals surface area contributed by atoms with Crippen molar-refractivity contribution < 1.29 is 23.8 Å². The number of likely N-dealkylation sites (N-methyl/N-ethyl adjacent to an activating group) is 1. The number of aliphatic carboxylic acids is 1. The number of carbonyl (C=O) groups is 2. The number of carboxylic acids is 1. The summed E-state index contributed by atoms with van der Waals surface area (Å²) in [6.45, 7) is 1.42. The molecule has 1 rings (SSSR count). The SMILES string of the molecule is COc1cccc(CCC(=O)N(C)C(C)C(=O)O)c1F. The van der Waals surface area contributed by atoms with Gasteiger partial charge in [0, 0.05) is 13.5 Å². The summed E-state index contributed by atoms with van der Waals surface area (Å²) in [5.74, 6) is -1.78. The maximum absolute atomic E-state index is 13.9. The van der Waals surface area contributed by atoms with Crippen LogP contribution in [0.1, 0.15) is 18.9 Å². The van der Waals surface area contributed by atoms with E-state index in [2.05, 4.69) is 0 Å². The van der Waals surface area contributed by atoms with Crippen molar-refractivity contribution in [3.05, 3.63) is 29.6 Å². The average Bonchev–Trinajstić information content (AvgIpc) is 2.44. The molecule has 0 aliphatic rings. The number of carbonyl (C=O) groups excluding carboxylic acids is 1. The first-order chi connectivity index (χ1) is 9.38. The molecule has 1 aromatic carbocycles. The van der Waals surface area contributed by atoms with Gasteiger partial charge in [0.2, 0.25) is 5.91 Å². The highest BCUT2D eigenvalue weighted by Gasteiger charge is 2.21. The Morgan fingerprint density at radius 3 is 2.65 bits per heavy atom. The minimum Gasteiger partial charge on any atom is -0.494 e. The molecule has 0 fully saturated rings. The summed E-state index contributed by atoms with van der Waals surface area (Å²) in [5, 5.41) is 8.83. The monoisotopic (exact) mass is 283 g/mol. The molecule has 0 saturated carbocycles. The lowest BCUT2D eigenvalue weighted by atomic mass is 10.1. The van der Waals surface area contributed by atoms with Gasteiger partial charge >= 0.3 is 5.97 Å². The predicted molar refractivity (Wildman–Crippen MR) is 71.1 cm³/mol. The number of amides is 1. The summed E-state index contributed by atoms with van der Waals surface area (Å²) in [4.78, 5) is 23.8. The van der Waals surface area contributed by atoms with Crippen LogP contribution in [0.15, 0.2) is 18.2 Å². The number of halogens is 1. The van der Waals surface area contributed by atoms with Crippen molar-refractivity contribution in [2.75, 3.05) is 14.2 Å². The van der Waals surface area contributed by atoms with Crippen LogP contribution in [0.2, 0.25) is 0 Å². The van der Waals surface area contributed by atoms with Crippen LogP contribution in [0.25, 0.3) is 0 Å². The highest BCUT2D eigenvalue weighted by molar-refractivity contribution is 5.83. The maximum atomic E-state index is 13.9. The van der Waals surface area contributed by atoms with Gasteiger partial charge in [0.25, 0.3) is 0 Å². The lowest BCUT2D eigenvalue weighted by molar-refractivity contribution is -0.148. The summed E-state index contributed by atoms with van der Waals surface area (Å²) < 4.78 is 18.7. The van der Waals surface area contributed by atoms with Gasteiger partial charge in [0.1, 0.15) is 6.04 Å². The van der Waals surface area contributed by atoms with Crippen molar-refractivity contribution in [2.24, 2.45) is 0 Å². The first kappa shape index (κ1) is 15.9. The quantitative estimate of drug-likeness (QED) is 0.863. The van der Waals surface area contributed by atoms with E-state index in [0.29, 0.717) is 5.56 Å². The van der Waals surface area contributed by atoms with Crippen molar-refractivity contribution in [3.63, 3.8) is 0 Å². The first-order valence-corrected chi connectivity index (χ1v) is 6.18. The normalized spacial score (nSPS) is 11.8. The van der Waals surface area contributed by atoms with Gasteiger partial charge < -0.3 is 14.7 Å². The molecule has 5 nitrogen and oxygen atoms in total. The fourth-order valence-corrected chi connectivity index (χ4v) is 1.71. The van der Waals surface area contributed by atoms with E-state index >= 15 is 0 Å². The lowest BCUT2D eigenvalue weighted by Gasteiger charge is -2.21. The fourth-order valence-electron chi connectivity index (χ4n) is 1.71. The molecule has 1 N–H and O–H groups in total. The summed E-state index contributed by atoms with van der Waals surface area (Å²) in [7, 11) is 2.79. The number of aryl methyl sites for hydroxylation is 1. The number of methoxy groups -OCH3 is 1. The summed E-state index contributed by atoms with van der Waals surface area (Å²) in [5.41, 5.74) is 0.370. The molecule has 1 atom stereocenters. The van der Waals surface area contributed by atoms with Crippen molar-refractivity contribution in [2.45, 2.75) is 25.8 Å². The number of hydrogen-bond donors (Lipinski definition) is 1. The summed E-state index contributed by atoms with van der Waals surface area (Å²) >= 11 is 0. The molecule has 0 spiro atoms. The molecule has 6 heteroatoms. The zero-order valence-electron chi connectivity index (χ0n) is 11.7. The van der Waals surface area contributed by atoms with E-state index in [4.69, 9.17) is 9.84 Å². The number of ether oxygens (including phenoxy) is 1. The van der Waals surface area contributed by atoms with Gasteiger partial charge in [-0.15, -0.1) is 0 Å². The van der Waals surface area contributed by atoms with Crippen molar-refractivity contribution in [1.29, 1.82) is 0 Å². The smallest absolute Gasteiger partial charge is 0.326 e. The fraction of sp³-hybridized carbons (Fsp3) is 0.429. The highest BCUT2D eigenvalue weighted by Crippen LogP contribution is 2.21. The molecule has 0 saturated heterocycles. The van der Waals surface area contributed by atoms with Gasteiger partial charge in [-0.05, 0) is 25.0 Å². The number of carboxylic acid groups (broad SMARTS) is 1. The van der Waals surface area contributed by atoms with E-state index < -0.39 is 17.8 Å². The third-order valence-electron chi connectivity index (χ3n) is 3.20. The third-order valence-corrected chi connectivity index (χ3v) is 3.20. The van der Waals surface area contributed by atoms with Crippen LogP contribution in [0, 0.1) is 5.82 Å².